The molecule has 2 bridgehead atoms. The van der Waals surface area contributed by atoms with Gasteiger partial charge in [-0.1, -0.05) is 25.1 Å². The van der Waals surface area contributed by atoms with Gasteiger partial charge in [0.1, 0.15) is 6.10 Å². The van der Waals surface area contributed by atoms with E-state index < -0.39 is 0 Å². The summed E-state index contributed by atoms with van der Waals surface area (Å²) in [6, 6.07) is 9.36. The molecule has 3 aliphatic heterocycles. The van der Waals surface area contributed by atoms with Crippen molar-refractivity contribution >= 4 is 29.1 Å². The Balaban J connectivity index is 1.57. The summed E-state index contributed by atoms with van der Waals surface area (Å²) < 4.78 is 5.62. The molecule has 4 nitrogen and oxygen atoms in total. The molecule has 4 aliphatic rings. The van der Waals surface area contributed by atoms with Crippen LogP contribution < -0.4 is 0 Å². The number of para-hydroxylation sites is 1. The van der Waals surface area contributed by atoms with E-state index in [1.54, 1.807) is 0 Å². The summed E-state index contributed by atoms with van der Waals surface area (Å²) in [5.74, 6) is 1.94. The molecule has 0 radical (unpaired) electrons. The molecule has 1 unspecified atom stereocenters. The van der Waals surface area contributed by atoms with Crippen LogP contribution in [-0.4, -0.2) is 52.8 Å². The van der Waals surface area contributed by atoms with E-state index in [1.807, 2.05) is 0 Å². The topological polar surface area (TPSA) is 41.9 Å². The number of carbonyl (C=O) groups excluding carboxylic acids is 1. The molecule has 1 aliphatic carbocycles. The lowest BCUT2D eigenvalue weighted by molar-refractivity contribution is -0.151. The van der Waals surface area contributed by atoms with E-state index in [4.69, 9.17) is 9.73 Å². The first-order valence-corrected chi connectivity index (χ1v) is 11.3. The molecule has 6 atom stereocenters. The summed E-state index contributed by atoms with van der Waals surface area (Å²) in [7, 11) is 0. The number of benzene rings is 1. The monoisotopic (exact) mass is 384 g/mol. The van der Waals surface area contributed by atoms with Crippen LogP contribution in [0.25, 0.3) is 0 Å². The summed E-state index contributed by atoms with van der Waals surface area (Å²) in [6.45, 7) is 8.03. The summed E-state index contributed by atoms with van der Waals surface area (Å²) >= 11 is 2.11. The van der Waals surface area contributed by atoms with Crippen molar-refractivity contribution in [1.29, 1.82) is 0 Å². The lowest BCUT2D eigenvalue weighted by Crippen LogP contribution is -2.60. The summed E-state index contributed by atoms with van der Waals surface area (Å²) in [5.41, 5.74) is 4.15. The van der Waals surface area contributed by atoms with Crippen molar-refractivity contribution in [2.45, 2.75) is 56.4 Å². The predicted octanol–water partition coefficient (Wildman–Crippen LogP) is 3.81. The first-order chi connectivity index (χ1) is 13.1. The van der Waals surface area contributed by atoms with Gasteiger partial charge in [0.25, 0.3) is 0 Å². The SMILES string of the molecule is CCSC1CN2C[C@H]([C@H](C)OC(C)=O)[C@@H]3CC4=Nc5ccccc5[C@@]41[C@H]2C3. The summed E-state index contributed by atoms with van der Waals surface area (Å²) in [6.07, 6.45) is 2.23. The smallest absolute Gasteiger partial charge is 0.302 e. The standard InChI is InChI=1S/C22H28N2O2S/c1-4-27-21-12-24-11-16(13(2)26-14(3)25)15-9-19-22(21,20(24)10-15)17-7-5-6-8-18(17)23-19/h5-8,13,15-16,20-21H,4,9-12H2,1-3H3/t13-,15+,16+,20+,21?,22-/m0/s1. The zero-order valence-corrected chi connectivity index (χ0v) is 17.2. The molecular formula is C22H28N2O2S. The average molecular weight is 385 g/mol. The Kier molecular flexibility index (Phi) is 4.17. The number of rotatable bonds is 4. The Morgan fingerprint density at radius 1 is 1.41 bits per heavy atom. The molecule has 0 aromatic heterocycles. The first-order valence-electron chi connectivity index (χ1n) is 10.3. The minimum Gasteiger partial charge on any atom is -0.463 e. The van der Waals surface area contributed by atoms with E-state index in [-0.39, 0.29) is 17.5 Å². The van der Waals surface area contributed by atoms with Gasteiger partial charge in [-0.2, -0.15) is 11.8 Å². The van der Waals surface area contributed by atoms with Gasteiger partial charge in [0.2, 0.25) is 0 Å². The van der Waals surface area contributed by atoms with Crippen molar-refractivity contribution in [2.75, 3.05) is 18.8 Å². The zero-order valence-electron chi connectivity index (χ0n) is 16.4. The highest BCUT2D eigenvalue weighted by molar-refractivity contribution is 8.00. The predicted molar refractivity (Wildman–Crippen MR) is 110 cm³/mol. The van der Waals surface area contributed by atoms with E-state index >= 15 is 0 Å². The summed E-state index contributed by atoms with van der Waals surface area (Å²) in [4.78, 5) is 19.4. The number of aliphatic imine (C=N–C) groups is 1. The molecule has 0 amide bonds. The fourth-order valence-electron chi connectivity index (χ4n) is 6.41. The number of fused-ring (bicyclic) bond motifs is 2. The lowest BCUT2D eigenvalue weighted by atomic mass is 9.59. The molecule has 1 saturated carbocycles. The van der Waals surface area contributed by atoms with Crippen molar-refractivity contribution < 1.29 is 9.53 Å². The van der Waals surface area contributed by atoms with Crippen LogP contribution in [-0.2, 0) is 14.9 Å². The minimum absolute atomic E-state index is 0.0248. The van der Waals surface area contributed by atoms with Gasteiger partial charge in [-0.05, 0) is 43.1 Å². The van der Waals surface area contributed by atoms with Crippen molar-refractivity contribution in [3.05, 3.63) is 29.8 Å². The number of ether oxygens (including phenoxy) is 1. The van der Waals surface area contributed by atoms with E-state index in [2.05, 4.69) is 54.8 Å². The lowest BCUT2D eigenvalue weighted by Gasteiger charge is -2.52. The van der Waals surface area contributed by atoms with Crippen LogP contribution in [0.2, 0.25) is 0 Å². The Morgan fingerprint density at radius 3 is 3.00 bits per heavy atom. The van der Waals surface area contributed by atoms with Crippen LogP contribution in [0, 0.1) is 11.8 Å². The quantitative estimate of drug-likeness (QED) is 0.741. The van der Waals surface area contributed by atoms with E-state index in [1.165, 1.54) is 30.3 Å². The van der Waals surface area contributed by atoms with Gasteiger partial charge >= 0.3 is 5.97 Å². The highest BCUT2D eigenvalue weighted by Gasteiger charge is 2.65. The van der Waals surface area contributed by atoms with Gasteiger partial charge < -0.3 is 4.74 Å². The van der Waals surface area contributed by atoms with Crippen molar-refractivity contribution in [3.8, 4) is 0 Å². The van der Waals surface area contributed by atoms with Crippen LogP contribution in [0.1, 0.15) is 39.2 Å². The molecule has 1 aromatic rings. The molecule has 3 heterocycles. The van der Waals surface area contributed by atoms with Crippen LogP contribution in [0.3, 0.4) is 0 Å². The number of piperidine rings is 1. The third-order valence-corrected chi connectivity index (χ3v) is 8.57. The maximum atomic E-state index is 11.5. The van der Waals surface area contributed by atoms with Crippen molar-refractivity contribution in [3.63, 3.8) is 0 Å². The number of nitrogens with zero attached hydrogens (tertiary/aromatic N) is 2. The van der Waals surface area contributed by atoms with E-state index in [9.17, 15) is 4.79 Å². The van der Waals surface area contributed by atoms with Gasteiger partial charge in [0.15, 0.2) is 0 Å². The second kappa shape index (κ2) is 6.35. The average Bonchev–Trinajstić information content (AvgIpc) is 3.15. The fraction of sp³-hybridized carbons (Fsp3) is 0.636. The van der Waals surface area contributed by atoms with Crippen molar-refractivity contribution in [1.82, 2.24) is 4.90 Å². The molecule has 2 saturated heterocycles. The van der Waals surface area contributed by atoms with Crippen LogP contribution in [0.5, 0.6) is 0 Å². The van der Waals surface area contributed by atoms with Crippen LogP contribution in [0.4, 0.5) is 5.69 Å². The normalized spacial score (nSPS) is 37.4. The van der Waals surface area contributed by atoms with Gasteiger partial charge in [-0.3, -0.25) is 14.7 Å². The number of thioether (sulfide) groups is 1. The number of carbonyl (C=O) groups is 1. The highest BCUT2D eigenvalue weighted by Crippen LogP contribution is 2.60. The Labute approximate surface area is 165 Å². The third-order valence-electron chi connectivity index (χ3n) is 7.31. The van der Waals surface area contributed by atoms with Gasteiger partial charge in [-0.15, -0.1) is 0 Å². The second-order valence-electron chi connectivity index (χ2n) is 8.54. The van der Waals surface area contributed by atoms with Crippen LogP contribution in [0.15, 0.2) is 29.3 Å². The Bertz CT molecular complexity index is 809. The number of esters is 1. The third kappa shape index (κ3) is 2.40. The molecule has 1 spiro atoms. The molecule has 1 aromatic carbocycles. The molecule has 0 N–H and O–H groups in total. The molecule has 5 heteroatoms. The number of hydrogen-bond acceptors (Lipinski definition) is 5. The molecular weight excluding hydrogens is 356 g/mol. The maximum Gasteiger partial charge on any atom is 0.302 e. The molecule has 144 valence electrons. The van der Waals surface area contributed by atoms with Gasteiger partial charge in [0, 0.05) is 42.9 Å². The molecule has 27 heavy (non-hydrogen) atoms. The zero-order chi connectivity index (χ0) is 18.8. The maximum absolute atomic E-state index is 11.5. The second-order valence-corrected chi connectivity index (χ2v) is 10.0. The van der Waals surface area contributed by atoms with E-state index in [0.29, 0.717) is 23.1 Å². The number of hydrogen-bond donors (Lipinski definition) is 0. The largest absolute Gasteiger partial charge is 0.463 e. The highest BCUT2D eigenvalue weighted by atomic mass is 32.2. The van der Waals surface area contributed by atoms with Gasteiger partial charge in [-0.25, -0.2) is 0 Å². The van der Waals surface area contributed by atoms with Crippen LogP contribution >= 0.6 is 11.8 Å². The molecule has 5 rings (SSSR count). The Morgan fingerprint density at radius 2 is 2.22 bits per heavy atom. The molecule has 3 fully saturated rings. The Hall–Kier alpha value is -1.33. The van der Waals surface area contributed by atoms with Gasteiger partial charge in [0.05, 0.1) is 11.1 Å². The summed E-state index contributed by atoms with van der Waals surface area (Å²) in [5, 5.41) is 0.568. The first kappa shape index (κ1) is 17.7. The minimum atomic E-state index is -0.166. The van der Waals surface area contributed by atoms with E-state index in [0.717, 1.165) is 25.3 Å². The fourth-order valence-corrected chi connectivity index (χ4v) is 7.80. The van der Waals surface area contributed by atoms with Crippen molar-refractivity contribution in [2.24, 2.45) is 16.8 Å².